The highest BCUT2D eigenvalue weighted by atomic mass is 16.5. The van der Waals surface area contributed by atoms with Crippen molar-refractivity contribution in [1.29, 1.82) is 0 Å². The molecule has 124 valence electrons. The third kappa shape index (κ3) is 3.48. The molecule has 0 radical (unpaired) electrons. The molecule has 2 heterocycles. The van der Waals surface area contributed by atoms with E-state index in [2.05, 4.69) is 24.1 Å². The second-order valence-corrected chi connectivity index (χ2v) is 5.88. The van der Waals surface area contributed by atoms with E-state index in [-0.39, 0.29) is 0 Å². The molecule has 24 heavy (non-hydrogen) atoms. The Morgan fingerprint density at radius 1 is 1.17 bits per heavy atom. The molecular formula is C20H22N2O2. The van der Waals surface area contributed by atoms with Crippen LogP contribution in [0, 0.1) is 0 Å². The molecule has 0 amide bonds. The first-order chi connectivity index (χ1) is 11.7. The van der Waals surface area contributed by atoms with E-state index in [1.807, 2.05) is 30.5 Å². The molecule has 0 spiro atoms. The third-order valence-electron chi connectivity index (χ3n) is 4.19. The molecule has 0 saturated heterocycles. The molecule has 0 N–H and O–H groups in total. The summed E-state index contributed by atoms with van der Waals surface area (Å²) >= 11 is 0. The molecule has 1 aliphatic rings. The van der Waals surface area contributed by atoms with Gasteiger partial charge >= 0.3 is 0 Å². The lowest BCUT2D eigenvalue weighted by Gasteiger charge is -2.21. The molecule has 0 unspecified atom stereocenters. The number of methoxy groups -OCH3 is 2. The van der Waals surface area contributed by atoms with E-state index in [4.69, 9.17) is 14.5 Å². The number of aromatic nitrogens is 1. The molecule has 1 aromatic heterocycles. The van der Waals surface area contributed by atoms with Crippen LogP contribution in [0.3, 0.4) is 0 Å². The Morgan fingerprint density at radius 2 is 2.04 bits per heavy atom. The number of ether oxygens (including phenoxy) is 2. The van der Waals surface area contributed by atoms with E-state index >= 15 is 0 Å². The van der Waals surface area contributed by atoms with Gasteiger partial charge < -0.3 is 9.47 Å². The summed E-state index contributed by atoms with van der Waals surface area (Å²) in [4.78, 5) is 9.10. The fourth-order valence-electron chi connectivity index (χ4n) is 2.88. The van der Waals surface area contributed by atoms with Crippen LogP contribution in [-0.4, -0.2) is 31.0 Å². The summed E-state index contributed by atoms with van der Waals surface area (Å²) in [6.45, 7) is 2.15. The number of hydrogen-bond acceptors (Lipinski definition) is 4. The van der Waals surface area contributed by atoms with Crippen molar-refractivity contribution in [3.8, 4) is 11.5 Å². The van der Waals surface area contributed by atoms with Crippen molar-refractivity contribution < 1.29 is 9.47 Å². The lowest BCUT2D eigenvalue weighted by molar-refractivity contribution is 0.393. The zero-order valence-corrected chi connectivity index (χ0v) is 14.3. The van der Waals surface area contributed by atoms with E-state index in [0.29, 0.717) is 6.04 Å². The van der Waals surface area contributed by atoms with Gasteiger partial charge in [-0.1, -0.05) is 0 Å². The molecular weight excluding hydrogens is 300 g/mol. The fraction of sp³-hybridized carbons (Fsp3) is 0.300. The van der Waals surface area contributed by atoms with Gasteiger partial charge in [-0.2, -0.15) is 0 Å². The minimum Gasteiger partial charge on any atom is -0.497 e. The fourth-order valence-corrected chi connectivity index (χ4v) is 2.88. The van der Waals surface area contributed by atoms with Crippen LogP contribution in [0.1, 0.15) is 30.9 Å². The van der Waals surface area contributed by atoms with Gasteiger partial charge in [0.2, 0.25) is 0 Å². The first kappa shape index (κ1) is 16.2. The average Bonchev–Trinajstić information content (AvgIpc) is 2.64. The number of rotatable bonds is 4. The van der Waals surface area contributed by atoms with E-state index in [9.17, 15) is 0 Å². The maximum Gasteiger partial charge on any atom is 0.129 e. The van der Waals surface area contributed by atoms with Crippen LogP contribution in [0.15, 0.2) is 53.3 Å². The highest BCUT2D eigenvalue weighted by Crippen LogP contribution is 2.30. The molecule has 3 rings (SSSR count). The Kier molecular flexibility index (Phi) is 4.94. The molecule has 4 heteroatoms. The van der Waals surface area contributed by atoms with Gasteiger partial charge in [0.1, 0.15) is 11.5 Å². The van der Waals surface area contributed by atoms with Gasteiger partial charge in [-0.25, -0.2) is 0 Å². The molecule has 2 aromatic rings. The van der Waals surface area contributed by atoms with Gasteiger partial charge in [-0.3, -0.25) is 9.98 Å². The van der Waals surface area contributed by atoms with Crippen LogP contribution >= 0.6 is 0 Å². The molecule has 0 bridgehead atoms. The normalized spacial score (nSPS) is 19.0. The standard InChI is InChI=1S/C20H22N2O2/c1-14-6-7-16(20(22-14)17-5-4-10-21-13-17)11-15-8-9-18(23-2)12-19(15)24-3/h4-5,8-14H,6-7H2,1-3H3/t14-/m0/s1. The number of pyridine rings is 1. The zero-order valence-electron chi connectivity index (χ0n) is 14.3. The third-order valence-corrected chi connectivity index (χ3v) is 4.19. The molecule has 4 nitrogen and oxygen atoms in total. The minimum absolute atomic E-state index is 0.329. The Labute approximate surface area is 142 Å². The predicted octanol–water partition coefficient (Wildman–Crippen LogP) is 4.15. The lowest BCUT2D eigenvalue weighted by atomic mass is 9.92. The summed E-state index contributed by atoms with van der Waals surface area (Å²) in [6, 6.07) is 10.2. The Morgan fingerprint density at radius 3 is 2.75 bits per heavy atom. The molecule has 0 saturated carbocycles. The molecule has 0 fully saturated rings. The van der Waals surface area contributed by atoms with Gasteiger partial charge in [0.05, 0.1) is 19.9 Å². The van der Waals surface area contributed by atoms with Crippen LogP contribution in [0.5, 0.6) is 11.5 Å². The molecule has 1 atom stereocenters. The topological polar surface area (TPSA) is 43.7 Å². The minimum atomic E-state index is 0.329. The number of nitrogens with zero attached hydrogens (tertiary/aromatic N) is 2. The Hall–Kier alpha value is -2.62. The molecule has 0 aliphatic carbocycles. The highest BCUT2D eigenvalue weighted by Gasteiger charge is 2.18. The lowest BCUT2D eigenvalue weighted by Crippen LogP contribution is -2.17. The summed E-state index contributed by atoms with van der Waals surface area (Å²) < 4.78 is 10.8. The zero-order chi connectivity index (χ0) is 16.9. The van der Waals surface area contributed by atoms with Crippen LogP contribution in [-0.2, 0) is 0 Å². The maximum absolute atomic E-state index is 5.51. The Balaban J connectivity index is 2.03. The summed E-state index contributed by atoms with van der Waals surface area (Å²) in [6.07, 6.45) is 7.86. The van der Waals surface area contributed by atoms with Crippen molar-refractivity contribution in [2.24, 2.45) is 4.99 Å². The van der Waals surface area contributed by atoms with Crippen molar-refractivity contribution >= 4 is 11.8 Å². The van der Waals surface area contributed by atoms with E-state index < -0.39 is 0 Å². The number of aliphatic imine (C=N–C) groups is 1. The van der Waals surface area contributed by atoms with Crippen molar-refractivity contribution in [1.82, 2.24) is 4.98 Å². The van der Waals surface area contributed by atoms with Crippen molar-refractivity contribution in [3.63, 3.8) is 0 Å². The SMILES string of the molecule is COc1ccc(C=C2CC[C@H](C)N=C2c2cccnc2)c(OC)c1. The predicted molar refractivity (Wildman–Crippen MR) is 97.0 cm³/mol. The summed E-state index contributed by atoms with van der Waals surface area (Å²) in [7, 11) is 3.33. The highest BCUT2D eigenvalue weighted by molar-refractivity contribution is 6.15. The van der Waals surface area contributed by atoms with Crippen LogP contribution < -0.4 is 9.47 Å². The number of allylic oxidation sites excluding steroid dienone is 1. The second kappa shape index (κ2) is 7.30. The first-order valence-corrected chi connectivity index (χ1v) is 8.12. The van der Waals surface area contributed by atoms with Gasteiger partial charge in [0.15, 0.2) is 0 Å². The van der Waals surface area contributed by atoms with Gasteiger partial charge in [0.25, 0.3) is 0 Å². The summed E-state index contributed by atoms with van der Waals surface area (Å²) in [5.41, 5.74) is 4.33. The first-order valence-electron chi connectivity index (χ1n) is 8.12. The second-order valence-electron chi connectivity index (χ2n) is 5.88. The summed E-state index contributed by atoms with van der Waals surface area (Å²) in [5.74, 6) is 1.58. The Bertz CT molecular complexity index is 766. The van der Waals surface area contributed by atoms with Crippen molar-refractivity contribution in [3.05, 3.63) is 59.4 Å². The van der Waals surface area contributed by atoms with Crippen LogP contribution in [0.25, 0.3) is 6.08 Å². The van der Waals surface area contributed by atoms with Gasteiger partial charge in [-0.15, -0.1) is 0 Å². The van der Waals surface area contributed by atoms with Crippen molar-refractivity contribution in [2.75, 3.05) is 14.2 Å². The maximum atomic E-state index is 5.51. The molecule has 1 aromatic carbocycles. The van der Waals surface area contributed by atoms with E-state index in [1.54, 1.807) is 20.4 Å². The smallest absolute Gasteiger partial charge is 0.129 e. The van der Waals surface area contributed by atoms with E-state index in [1.165, 1.54) is 5.57 Å². The number of hydrogen-bond donors (Lipinski definition) is 0. The monoisotopic (exact) mass is 322 g/mol. The number of benzene rings is 1. The summed E-state index contributed by atoms with van der Waals surface area (Å²) in [5, 5.41) is 0. The molecule has 1 aliphatic heterocycles. The van der Waals surface area contributed by atoms with Gasteiger partial charge in [0, 0.05) is 35.6 Å². The van der Waals surface area contributed by atoms with Crippen LogP contribution in [0.4, 0.5) is 0 Å². The average molecular weight is 322 g/mol. The van der Waals surface area contributed by atoms with E-state index in [0.717, 1.165) is 41.2 Å². The van der Waals surface area contributed by atoms with Gasteiger partial charge in [-0.05, 0) is 55.7 Å². The van der Waals surface area contributed by atoms with Crippen molar-refractivity contribution in [2.45, 2.75) is 25.8 Å². The largest absolute Gasteiger partial charge is 0.497 e. The van der Waals surface area contributed by atoms with Crippen LogP contribution in [0.2, 0.25) is 0 Å². The quantitative estimate of drug-likeness (QED) is 0.849.